The van der Waals surface area contributed by atoms with Crippen LogP contribution in [0.15, 0.2) is 42.5 Å². The molecule has 0 atom stereocenters. The minimum atomic E-state index is -0.644. The maximum Gasteiger partial charge on any atom is 0.265 e. The number of benzene rings is 2. The molecule has 0 spiro atoms. The summed E-state index contributed by atoms with van der Waals surface area (Å²) in [5, 5.41) is 0. The summed E-state index contributed by atoms with van der Waals surface area (Å²) in [5.41, 5.74) is 2.58. The second kappa shape index (κ2) is 8.28. The molecule has 1 saturated heterocycles. The van der Waals surface area contributed by atoms with Crippen LogP contribution in [0.3, 0.4) is 0 Å². The first-order valence-corrected chi connectivity index (χ1v) is 9.12. The standard InChI is InChI=1S/C18H17F2IN4O2/c19-14-2-1-3-15(7-14)25(18(27)13-8-24(21)9-13)10-12-5-4-11(6-16(12)20)17(26)23-22/h1-7,13H,8-10,22H2,(H,23,26). The molecule has 1 fully saturated rings. The van der Waals surface area contributed by atoms with E-state index in [1.165, 1.54) is 35.2 Å². The van der Waals surface area contributed by atoms with Crippen molar-refractivity contribution in [2.45, 2.75) is 6.54 Å². The van der Waals surface area contributed by atoms with E-state index in [1.807, 2.05) is 8.54 Å². The number of nitrogen functional groups attached to an aromatic ring is 1. The zero-order chi connectivity index (χ0) is 19.6. The highest BCUT2D eigenvalue weighted by Crippen LogP contribution is 2.27. The van der Waals surface area contributed by atoms with Gasteiger partial charge in [-0.1, -0.05) is 12.1 Å². The number of carbonyl (C=O) groups excluding carboxylic acids is 2. The second-order valence-corrected chi connectivity index (χ2v) is 7.57. The summed E-state index contributed by atoms with van der Waals surface area (Å²) in [6, 6.07) is 9.53. The molecule has 0 saturated carbocycles. The minimum absolute atomic E-state index is 0.0712. The van der Waals surface area contributed by atoms with Gasteiger partial charge in [0.2, 0.25) is 5.91 Å². The van der Waals surface area contributed by atoms with Crippen molar-refractivity contribution in [3.05, 3.63) is 65.2 Å². The number of rotatable bonds is 5. The van der Waals surface area contributed by atoms with Gasteiger partial charge in [0.05, 0.1) is 12.5 Å². The van der Waals surface area contributed by atoms with Crippen LogP contribution in [-0.4, -0.2) is 28.0 Å². The van der Waals surface area contributed by atoms with Gasteiger partial charge in [-0.25, -0.2) is 17.7 Å². The Morgan fingerprint density at radius 3 is 2.56 bits per heavy atom. The number of anilines is 1. The van der Waals surface area contributed by atoms with Crippen molar-refractivity contribution >= 4 is 40.4 Å². The predicted octanol–water partition coefficient (Wildman–Crippen LogP) is 2.38. The van der Waals surface area contributed by atoms with Crippen molar-refractivity contribution in [1.82, 2.24) is 8.54 Å². The molecule has 6 nitrogen and oxygen atoms in total. The van der Waals surface area contributed by atoms with E-state index in [0.29, 0.717) is 18.8 Å². The number of halogens is 3. The van der Waals surface area contributed by atoms with Gasteiger partial charge in [-0.3, -0.25) is 15.0 Å². The smallest absolute Gasteiger partial charge is 0.265 e. The molecule has 1 heterocycles. The number of amides is 2. The molecule has 1 aliphatic rings. The first-order chi connectivity index (χ1) is 12.9. The topological polar surface area (TPSA) is 78.7 Å². The van der Waals surface area contributed by atoms with Crippen molar-refractivity contribution < 1.29 is 18.4 Å². The molecule has 0 aliphatic carbocycles. The van der Waals surface area contributed by atoms with Gasteiger partial charge in [-0.2, -0.15) is 0 Å². The van der Waals surface area contributed by atoms with E-state index in [-0.39, 0.29) is 29.5 Å². The van der Waals surface area contributed by atoms with Gasteiger partial charge in [0.15, 0.2) is 0 Å². The molecular formula is C18H17F2IN4O2. The van der Waals surface area contributed by atoms with Crippen LogP contribution in [0.25, 0.3) is 0 Å². The molecule has 3 N–H and O–H groups in total. The Morgan fingerprint density at radius 2 is 1.96 bits per heavy atom. The number of carbonyl (C=O) groups is 2. The third kappa shape index (κ3) is 4.42. The third-order valence-electron chi connectivity index (χ3n) is 4.35. The number of hydrogen-bond acceptors (Lipinski definition) is 4. The lowest BCUT2D eigenvalue weighted by Gasteiger charge is -2.37. The highest BCUT2D eigenvalue weighted by Gasteiger charge is 2.35. The van der Waals surface area contributed by atoms with Crippen LogP contribution < -0.4 is 16.2 Å². The number of nitrogens with one attached hydrogen (secondary N) is 1. The Morgan fingerprint density at radius 1 is 1.22 bits per heavy atom. The summed E-state index contributed by atoms with van der Waals surface area (Å²) in [6.07, 6.45) is 0. The van der Waals surface area contributed by atoms with Crippen LogP contribution in [0.5, 0.6) is 0 Å². The van der Waals surface area contributed by atoms with Crippen molar-refractivity contribution in [1.29, 1.82) is 0 Å². The third-order valence-corrected chi connectivity index (χ3v) is 5.13. The van der Waals surface area contributed by atoms with Crippen molar-refractivity contribution in [2.75, 3.05) is 18.0 Å². The van der Waals surface area contributed by atoms with Crippen molar-refractivity contribution in [2.24, 2.45) is 11.8 Å². The number of hydrazine groups is 1. The van der Waals surface area contributed by atoms with Gasteiger partial charge in [-0.15, -0.1) is 0 Å². The molecule has 0 radical (unpaired) electrons. The Bertz CT molecular complexity index is 874. The average Bonchev–Trinajstić information content (AvgIpc) is 2.63. The predicted molar refractivity (Wildman–Crippen MR) is 105 cm³/mol. The maximum absolute atomic E-state index is 14.5. The van der Waals surface area contributed by atoms with Crippen molar-refractivity contribution in [3.63, 3.8) is 0 Å². The van der Waals surface area contributed by atoms with Crippen LogP contribution in [0.4, 0.5) is 14.5 Å². The Labute approximate surface area is 168 Å². The van der Waals surface area contributed by atoms with E-state index < -0.39 is 17.5 Å². The molecule has 1 aliphatic heterocycles. The SMILES string of the molecule is NNC(=O)c1ccc(CN(C(=O)C2CN(I)C2)c2cccc(F)c2)c(F)c1. The van der Waals surface area contributed by atoms with Crippen molar-refractivity contribution in [3.8, 4) is 0 Å². The zero-order valence-corrected chi connectivity index (χ0v) is 16.3. The summed E-state index contributed by atoms with van der Waals surface area (Å²) < 4.78 is 30.1. The van der Waals surface area contributed by atoms with Gasteiger partial charge < -0.3 is 4.90 Å². The first kappa shape index (κ1) is 19.6. The quantitative estimate of drug-likeness (QED) is 0.224. The van der Waals surface area contributed by atoms with E-state index in [4.69, 9.17) is 5.84 Å². The van der Waals surface area contributed by atoms with Crippen LogP contribution in [0, 0.1) is 17.6 Å². The summed E-state index contributed by atoms with van der Waals surface area (Å²) in [5.74, 6) is 2.89. The first-order valence-electron chi connectivity index (χ1n) is 8.16. The van der Waals surface area contributed by atoms with Gasteiger partial charge in [0, 0.05) is 52.8 Å². The van der Waals surface area contributed by atoms with E-state index in [2.05, 4.69) is 22.9 Å². The van der Waals surface area contributed by atoms with Crippen LogP contribution in [0.2, 0.25) is 0 Å². The summed E-state index contributed by atoms with van der Waals surface area (Å²) >= 11 is 2.12. The fraction of sp³-hybridized carbons (Fsp3) is 0.222. The molecule has 0 aromatic heterocycles. The van der Waals surface area contributed by atoms with Crippen LogP contribution >= 0.6 is 22.9 Å². The van der Waals surface area contributed by atoms with Gasteiger partial charge in [-0.05, 0) is 30.3 Å². The fourth-order valence-corrected chi connectivity index (χ4v) is 3.76. The van der Waals surface area contributed by atoms with E-state index >= 15 is 0 Å². The molecular weight excluding hydrogens is 469 g/mol. The normalized spacial score (nSPS) is 14.5. The lowest BCUT2D eigenvalue weighted by Crippen LogP contribution is -2.50. The molecule has 2 amide bonds. The van der Waals surface area contributed by atoms with Crippen LogP contribution in [-0.2, 0) is 11.3 Å². The molecule has 3 rings (SSSR count). The lowest BCUT2D eigenvalue weighted by atomic mass is 10.0. The molecule has 27 heavy (non-hydrogen) atoms. The Balaban J connectivity index is 1.89. The van der Waals surface area contributed by atoms with Gasteiger partial charge in [0.1, 0.15) is 11.6 Å². The van der Waals surface area contributed by atoms with Gasteiger partial charge in [0.25, 0.3) is 5.91 Å². The summed E-state index contributed by atoms with van der Waals surface area (Å²) in [7, 11) is 0. The minimum Gasteiger partial charge on any atom is -0.307 e. The average molecular weight is 486 g/mol. The molecule has 9 heteroatoms. The summed E-state index contributed by atoms with van der Waals surface area (Å²) in [4.78, 5) is 25.8. The maximum atomic E-state index is 14.5. The fourth-order valence-electron chi connectivity index (χ4n) is 2.81. The van der Waals surface area contributed by atoms with E-state index in [9.17, 15) is 18.4 Å². The molecule has 2 aromatic carbocycles. The molecule has 0 unspecified atom stereocenters. The number of nitrogens with zero attached hydrogens (tertiary/aromatic N) is 2. The van der Waals surface area contributed by atoms with Crippen LogP contribution in [0.1, 0.15) is 15.9 Å². The van der Waals surface area contributed by atoms with E-state index in [0.717, 1.165) is 6.07 Å². The summed E-state index contributed by atoms with van der Waals surface area (Å²) in [6.45, 7) is 1.10. The molecule has 2 aromatic rings. The largest absolute Gasteiger partial charge is 0.307 e. The highest BCUT2D eigenvalue weighted by atomic mass is 127. The molecule has 142 valence electrons. The molecule has 0 bridgehead atoms. The monoisotopic (exact) mass is 486 g/mol. The second-order valence-electron chi connectivity index (χ2n) is 6.21. The van der Waals surface area contributed by atoms with E-state index in [1.54, 1.807) is 6.07 Å². The van der Waals surface area contributed by atoms with Gasteiger partial charge >= 0.3 is 0 Å². The highest BCUT2D eigenvalue weighted by molar-refractivity contribution is 14.1. The Hall–Kier alpha value is -2.11. The lowest BCUT2D eigenvalue weighted by molar-refractivity contribution is -0.125. The number of nitrogens with two attached hydrogens (primary N) is 1. The zero-order valence-electron chi connectivity index (χ0n) is 14.2. The Kier molecular flexibility index (Phi) is 6.02. The number of hydrogen-bond donors (Lipinski definition) is 2.